The Morgan fingerprint density at radius 2 is 1.46 bits per heavy atom. The first-order valence-electron chi connectivity index (χ1n) is 14.3. The van der Waals surface area contributed by atoms with Crippen molar-refractivity contribution in [2.24, 2.45) is 0 Å². The largest absolute Gasteiger partial charge is 0.488 e. The number of benzene rings is 1. The van der Waals surface area contributed by atoms with Crippen LogP contribution in [0.2, 0.25) is 0 Å². The molecule has 1 aromatic heterocycles. The van der Waals surface area contributed by atoms with E-state index in [1.54, 1.807) is 0 Å². The molecule has 46 heavy (non-hydrogen) atoms. The molecule has 0 aliphatic carbocycles. The molecule has 1 fully saturated rings. The molecule has 2 aromatic rings. The Labute approximate surface area is 263 Å². The van der Waals surface area contributed by atoms with Crippen molar-refractivity contribution in [3.63, 3.8) is 0 Å². The van der Waals surface area contributed by atoms with Crippen LogP contribution in [0.25, 0.3) is 11.0 Å². The molecule has 0 amide bonds. The summed E-state index contributed by atoms with van der Waals surface area (Å²) in [5.41, 5.74) is -1.02. The van der Waals surface area contributed by atoms with Gasteiger partial charge < -0.3 is 42.3 Å². The molecule has 0 radical (unpaired) electrons. The van der Waals surface area contributed by atoms with E-state index in [0.717, 1.165) is 41.0 Å². The van der Waals surface area contributed by atoms with Crippen molar-refractivity contribution in [3.8, 4) is 17.2 Å². The lowest BCUT2D eigenvalue weighted by atomic mass is 9.98. The Hall–Kier alpha value is -4.92. The number of fused-ring (bicyclic) bond motifs is 1. The van der Waals surface area contributed by atoms with E-state index in [2.05, 4.69) is 0 Å². The van der Waals surface area contributed by atoms with Gasteiger partial charge in [-0.3, -0.25) is 24.0 Å². The summed E-state index contributed by atoms with van der Waals surface area (Å²) in [6.07, 6.45) is -1.86. The van der Waals surface area contributed by atoms with Crippen molar-refractivity contribution >= 4 is 40.8 Å². The zero-order valence-corrected chi connectivity index (χ0v) is 26.2. The Balaban J connectivity index is 2.05. The highest BCUT2D eigenvalue weighted by Crippen LogP contribution is 2.36. The normalized spacial score (nSPS) is 20.9. The van der Waals surface area contributed by atoms with Crippen LogP contribution in [0.1, 0.15) is 54.4 Å². The summed E-state index contributed by atoms with van der Waals surface area (Å²) in [6, 6.07) is 4.23. The SMILES string of the molecule is CCC=CCCOc1c(OC(C)=O)c(=O)oc2cc(O[C@H]3O[C@H](COC(C)=O)[C@@H](OC(C)=O)[C@H](OC(C)=O)[C@@H]3OC(C)=O)ccc12. The Morgan fingerprint density at radius 3 is 2.07 bits per heavy atom. The maximum atomic E-state index is 12.8. The van der Waals surface area contributed by atoms with Crippen LogP contribution in [0, 0.1) is 0 Å². The molecule has 1 aliphatic rings. The van der Waals surface area contributed by atoms with Gasteiger partial charge in [0.05, 0.1) is 12.0 Å². The van der Waals surface area contributed by atoms with Crippen LogP contribution in [-0.4, -0.2) is 73.8 Å². The number of hydrogen-bond acceptors (Lipinski definition) is 15. The van der Waals surface area contributed by atoms with Crippen LogP contribution in [0.15, 0.2) is 39.6 Å². The summed E-state index contributed by atoms with van der Waals surface area (Å²) in [4.78, 5) is 72.3. The molecule has 0 saturated carbocycles. The lowest BCUT2D eigenvalue weighted by Gasteiger charge is -2.43. The predicted molar refractivity (Wildman–Crippen MR) is 156 cm³/mol. The summed E-state index contributed by atoms with van der Waals surface area (Å²) < 4.78 is 49.6. The predicted octanol–water partition coefficient (Wildman–Crippen LogP) is 2.92. The molecule has 0 unspecified atom stereocenters. The van der Waals surface area contributed by atoms with Gasteiger partial charge in [-0.1, -0.05) is 19.1 Å². The van der Waals surface area contributed by atoms with Crippen LogP contribution in [0.3, 0.4) is 0 Å². The fraction of sp³-hybridized carbons (Fsp3) is 0.484. The smallest absolute Gasteiger partial charge is 0.383 e. The number of carbonyl (C=O) groups excluding carboxylic acids is 5. The van der Waals surface area contributed by atoms with E-state index in [-0.39, 0.29) is 29.1 Å². The monoisotopic (exact) mass is 648 g/mol. The molecule has 0 spiro atoms. The average Bonchev–Trinajstić information content (AvgIpc) is 2.95. The summed E-state index contributed by atoms with van der Waals surface area (Å²) in [6.45, 7) is 7.26. The van der Waals surface area contributed by atoms with Crippen LogP contribution < -0.4 is 19.8 Å². The molecule has 1 aromatic carbocycles. The lowest BCUT2D eigenvalue weighted by molar-refractivity contribution is -0.288. The highest BCUT2D eigenvalue weighted by atomic mass is 16.7. The molecule has 15 heteroatoms. The molecule has 250 valence electrons. The number of carbonyl (C=O) groups is 5. The van der Waals surface area contributed by atoms with Crippen molar-refractivity contribution in [1.29, 1.82) is 0 Å². The number of esters is 5. The number of ether oxygens (including phenoxy) is 8. The highest BCUT2D eigenvalue weighted by Gasteiger charge is 2.53. The third kappa shape index (κ3) is 9.79. The van der Waals surface area contributed by atoms with Crippen molar-refractivity contribution in [3.05, 3.63) is 40.8 Å². The third-order valence-electron chi connectivity index (χ3n) is 6.17. The minimum atomic E-state index is -1.52. The maximum Gasteiger partial charge on any atom is 0.383 e. The molecule has 15 nitrogen and oxygen atoms in total. The fourth-order valence-corrected chi connectivity index (χ4v) is 4.52. The van der Waals surface area contributed by atoms with Gasteiger partial charge in [-0.25, -0.2) is 4.79 Å². The van der Waals surface area contributed by atoms with Gasteiger partial charge in [0, 0.05) is 40.7 Å². The molecular weight excluding hydrogens is 612 g/mol. The molecule has 1 saturated heterocycles. The maximum absolute atomic E-state index is 12.8. The zero-order valence-electron chi connectivity index (χ0n) is 26.2. The first-order valence-corrected chi connectivity index (χ1v) is 14.3. The third-order valence-corrected chi connectivity index (χ3v) is 6.17. The van der Waals surface area contributed by atoms with Gasteiger partial charge in [0.1, 0.15) is 24.0 Å². The Kier molecular flexibility index (Phi) is 12.7. The summed E-state index contributed by atoms with van der Waals surface area (Å²) in [5.74, 6) is -4.25. The van der Waals surface area contributed by atoms with Gasteiger partial charge in [-0.15, -0.1) is 0 Å². The molecule has 5 atom stereocenters. The Morgan fingerprint density at radius 1 is 0.804 bits per heavy atom. The first kappa shape index (κ1) is 35.6. The molecule has 3 rings (SSSR count). The second-order valence-electron chi connectivity index (χ2n) is 10.0. The highest BCUT2D eigenvalue weighted by molar-refractivity contribution is 5.87. The molecule has 0 N–H and O–H groups in total. The van der Waals surface area contributed by atoms with Crippen LogP contribution in [0.4, 0.5) is 0 Å². The number of allylic oxidation sites excluding steroid dienone is 1. The van der Waals surface area contributed by atoms with E-state index >= 15 is 0 Å². The molecule has 2 heterocycles. The van der Waals surface area contributed by atoms with E-state index in [1.807, 2.05) is 19.1 Å². The van der Waals surface area contributed by atoms with E-state index in [9.17, 15) is 28.8 Å². The molecular formula is C31H36O15. The Bertz CT molecular complexity index is 1520. The van der Waals surface area contributed by atoms with Crippen LogP contribution in [-0.2, 0) is 47.7 Å². The topological polar surface area (TPSA) is 189 Å². The minimum Gasteiger partial charge on any atom is -0.488 e. The van der Waals surface area contributed by atoms with E-state index in [4.69, 9.17) is 42.3 Å². The second kappa shape index (κ2) is 16.4. The van der Waals surface area contributed by atoms with Gasteiger partial charge in [0.25, 0.3) is 5.75 Å². The van der Waals surface area contributed by atoms with E-state index in [1.165, 1.54) is 18.2 Å². The van der Waals surface area contributed by atoms with E-state index < -0.39 is 78.5 Å². The molecule has 1 aliphatic heterocycles. The van der Waals surface area contributed by atoms with Crippen molar-refractivity contribution in [1.82, 2.24) is 0 Å². The van der Waals surface area contributed by atoms with Crippen molar-refractivity contribution in [2.45, 2.75) is 85.1 Å². The first-order chi connectivity index (χ1) is 21.8. The summed E-state index contributed by atoms with van der Waals surface area (Å²) in [5, 5.41) is 0.268. The standard InChI is InChI=1S/C31H36O15/c1-7-8-9-10-13-38-25-22-12-11-21(14-23(22)45-30(37)28(25)42-19(5)35)44-31-29(43-20(6)36)27(41-18(4)34)26(40-17(3)33)24(46-31)15-39-16(2)32/h8-9,11-12,14,24,26-27,29,31H,7,10,13,15H2,1-6H3/t24-,26-,27+,29+,31+/m1/s1. The van der Waals surface area contributed by atoms with Crippen LogP contribution in [0.5, 0.6) is 17.2 Å². The second-order valence-corrected chi connectivity index (χ2v) is 10.0. The van der Waals surface area contributed by atoms with Crippen molar-refractivity contribution in [2.75, 3.05) is 13.2 Å². The van der Waals surface area contributed by atoms with Gasteiger partial charge in [-0.05, 0) is 25.0 Å². The fourth-order valence-electron chi connectivity index (χ4n) is 4.52. The van der Waals surface area contributed by atoms with Crippen molar-refractivity contribution < 1.29 is 66.3 Å². The van der Waals surface area contributed by atoms with E-state index in [0.29, 0.717) is 6.42 Å². The van der Waals surface area contributed by atoms with Gasteiger partial charge >= 0.3 is 35.5 Å². The number of rotatable bonds is 13. The zero-order chi connectivity index (χ0) is 34.0. The average molecular weight is 649 g/mol. The summed E-state index contributed by atoms with van der Waals surface area (Å²) in [7, 11) is 0. The van der Waals surface area contributed by atoms with Gasteiger partial charge in [-0.2, -0.15) is 0 Å². The molecule has 0 bridgehead atoms. The summed E-state index contributed by atoms with van der Waals surface area (Å²) >= 11 is 0. The quantitative estimate of drug-likeness (QED) is 0.101. The van der Waals surface area contributed by atoms with Gasteiger partial charge in [0.15, 0.2) is 18.0 Å². The minimum absolute atomic E-state index is 0.0219. The number of hydrogen-bond donors (Lipinski definition) is 0. The lowest BCUT2D eigenvalue weighted by Crippen LogP contribution is -2.63. The van der Waals surface area contributed by atoms with Gasteiger partial charge in [0.2, 0.25) is 12.4 Å². The van der Waals surface area contributed by atoms with Crippen LogP contribution >= 0.6 is 0 Å².